The molecule has 1 aliphatic heterocycles. The van der Waals surface area contributed by atoms with Gasteiger partial charge in [0.15, 0.2) is 0 Å². The minimum Gasteiger partial charge on any atom is -0.462 e. The summed E-state index contributed by atoms with van der Waals surface area (Å²) in [7, 11) is 0. The van der Waals surface area contributed by atoms with Crippen LogP contribution in [0.1, 0.15) is 56.7 Å². The lowest BCUT2D eigenvalue weighted by Gasteiger charge is -2.08. The summed E-state index contributed by atoms with van der Waals surface area (Å²) in [6.07, 6.45) is 7.77. The van der Waals surface area contributed by atoms with Gasteiger partial charge in [-0.05, 0) is 44.2 Å². The van der Waals surface area contributed by atoms with E-state index in [9.17, 15) is 4.79 Å². The van der Waals surface area contributed by atoms with Crippen LogP contribution in [0.25, 0.3) is 10.9 Å². The maximum Gasteiger partial charge on any atom is 0.309 e. The Labute approximate surface area is 138 Å². The fraction of sp³-hybridized carbons (Fsp3) is 0.550. The number of aromatic nitrogens is 1. The summed E-state index contributed by atoms with van der Waals surface area (Å²) in [4.78, 5) is 15.6. The number of carbonyl (C=O) groups is 1. The number of esters is 1. The van der Waals surface area contributed by atoms with Gasteiger partial charge < -0.3 is 9.72 Å². The number of aromatic amines is 1. The van der Waals surface area contributed by atoms with E-state index in [2.05, 4.69) is 37.0 Å². The molecule has 2 aromatic rings. The normalized spacial score (nSPS) is 21.0. The van der Waals surface area contributed by atoms with E-state index < -0.39 is 0 Å². The summed E-state index contributed by atoms with van der Waals surface area (Å²) >= 11 is 0. The first-order chi connectivity index (χ1) is 11.2. The second-order valence-corrected chi connectivity index (χ2v) is 6.82. The number of aryl methyl sites for hydroxylation is 1. The van der Waals surface area contributed by atoms with E-state index >= 15 is 0 Å². The van der Waals surface area contributed by atoms with Crippen LogP contribution in [0.4, 0.5) is 0 Å². The number of rotatable bonds is 7. The van der Waals surface area contributed by atoms with Crippen LogP contribution in [0.2, 0.25) is 0 Å². The largest absolute Gasteiger partial charge is 0.462 e. The fourth-order valence-electron chi connectivity index (χ4n) is 3.71. The molecule has 1 N–H and O–H groups in total. The van der Waals surface area contributed by atoms with Crippen molar-refractivity contribution in [2.45, 2.75) is 64.9 Å². The molecule has 124 valence electrons. The van der Waals surface area contributed by atoms with Gasteiger partial charge in [-0.25, -0.2) is 0 Å². The number of para-hydroxylation sites is 1. The molecule has 0 aliphatic carbocycles. The first-order valence-corrected chi connectivity index (χ1v) is 8.95. The second kappa shape index (κ2) is 7.20. The Morgan fingerprint density at radius 3 is 2.87 bits per heavy atom. The Morgan fingerprint density at radius 1 is 1.22 bits per heavy atom. The molecule has 3 rings (SSSR count). The summed E-state index contributed by atoms with van der Waals surface area (Å²) in [5, 5.41) is 1.24. The molecule has 1 aliphatic rings. The minimum absolute atomic E-state index is 0.00447. The molecule has 1 fully saturated rings. The zero-order chi connectivity index (χ0) is 16.2. The first kappa shape index (κ1) is 16.1. The van der Waals surface area contributed by atoms with E-state index in [0.717, 1.165) is 24.8 Å². The van der Waals surface area contributed by atoms with Crippen molar-refractivity contribution in [3.8, 4) is 0 Å². The molecule has 1 aromatic heterocycles. The van der Waals surface area contributed by atoms with Gasteiger partial charge in [0.2, 0.25) is 0 Å². The third kappa shape index (κ3) is 3.60. The van der Waals surface area contributed by atoms with E-state index in [-0.39, 0.29) is 18.0 Å². The average Bonchev–Trinajstić information content (AvgIpc) is 3.05. The van der Waals surface area contributed by atoms with Crippen LogP contribution in [0.15, 0.2) is 24.3 Å². The third-order valence-corrected chi connectivity index (χ3v) is 5.02. The van der Waals surface area contributed by atoms with E-state index in [0.29, 0.717) is 0 Å². The number of cyclic esters (lactones) is 1. The minimum atomic E-state index is -0.00447. The lowest BCUT2D eigenvalue weighted by atomic mass is 9.93. The highest BCUT2D eigenvalue weighted by Gasteiger charge is 2.34. The topological polar surface area (TPSA) is 42.1 Å². The third-order valence-electron chi connectivity index (χ3n) is 5.02. The molecule has 3 nitrogen and oxygen atoms in total. The van der Waals surface area contributed by atoms with Gasteiger partial charge >= 0.3 is 5.97 Å². The Hall–Kier alpha value is -1.77. The number of unbranched alkanes of at least 4 members (excludes halogenated alkanes) is 3. The molecular weight excluding hydrogens is 286 g/mol. The van der Waals surface area contributed by atoms with Gasteiger partial charge in [-0.2, -0.15) is 0 Å². The van der Waals surface area contributed by atoms with Crippen LogP contribution in [0.3, 0.4) is 0 Å². The maximum atomic E-state index is 12.2. The van der Waals surface area contributed by atoms with E-state index in [1.54, 1.807) is 0 Å². The van der Waals surface area contributed by atoms with E-state index in [4.69, 9.17) is 4.74 Å². The number of carbonyl (C=O) groups excluding carboxylic acids is 1. The van der Waals surface area contributed by atoms with Gasteiger partial charge in [0.25, 0.3) is 0 Å². The van der Waals surface area contributed by atoms with Crippen molar-refractivity contribution >= 4 is 16.9 Å². The van der Waals surface area contributed by atoms with Crippen LogP contribution < -0.4 is 0 Å². The average molecular weight is 313 g/mol. The summed E-state index contributed by atoms with van der Waals surface area (Å²) < 4.78 is 5.61. The molecule has 3 heteroatoms. The van der Waals surface area contributed by atoms with Gasteiger partial charge in [-0.15, -0.1) is 0 Å². The monoisotopic (exact) mass is 313 g/mol. The molecule has 0 unspecified atom stereocenters. The number of H-pyrrole nitrogens is 1. The van der Waals surface area contributed by atoms with Crippen LogP contribution in [0, 0.1) is 12.8 Å². The second-order valence-electron chi connectivity index (χ2n) is 6.82. The maximum absolute atomic E-state index is 12.2. The Kier molecular flexibility index (Phi) is 5.04. The molecule has 23 heavy (non-hydrogen) atoms. The highest BCUT2D eigenvalue weighted by molar-refractivity contribution is 5.85. The summed E-state index contributed by atoms with van der Waals surface area (Å²) in [5.41, 5.74) is 3.60. The van der Waals surface area contributed by atoms with Crippen molar-refractivity contribution in [3.63, 3.8) is 0 Å². The predicted octanol–water partition coefficient (Wildman–Crippen LogP) is 4.92. The number of hydrogen-bond donors (Lipinski definition) is 1. The van der Waals surface area contributed by atoms with Gasteiger partial charge in [0.05, 0.1) is 5.92 Å². The molecule has 1 aromatic carbocycles. The number of nitrogens with one attached hydrogen (secondary N) is 1. The van der Waals surface area contributed by atoms with Crippen LogP contribution >= 0.6 is 0 Å². The molecule has 0 spiro atoms. The van der Waals surface area contributed by atoms with Crippen LogP contribution in [-0.2, 0) is 16.0 Å². The Morgan fingerprint density at radius 2 is 2.04 bits per heavy atom. The fourth-order valence-corrected chi connectivity index (χ4v) is 3.71. The number of ether oxygens (including phenoxy) is 1. The van der Waals surface area contributed by atoms with Crippen molar-refractivity contribution in [2.24, 2.45) is 5.92 Å². The van der Waals surface area contributed by atoms with Crippen molar-refractivity contribution in [2.75, 3.05) is 0 Å². The van der Waals surface area contributed by atoms with Gasteiger partial charge in [-0.1, -0.05) is 44.4 Å². The molecule has 0 radical (unpaired) electrons. The zero-order valence-electron chi connectivity index (χ0n) is 14.2. The van der Waals surface area contributed by atoms with Crippen molar-refractivity contribution in [3.05, 3.63) is 35.5 Å². The van der Waals surface area contributed by atoms with Gasteiger partial charge in [-0.3, -0.25) is 4.79 Å². The zero-order valence-corrected chi connectivity index (χ0v) is 14.2. The van der Waals surface area contributed by atoms with Gasteiger partial charge in [0, 0.05) is 16.6 Å². The summed E-state index contributed by atoms with van der Waals surface area (Å²) in [6.45, 7) is 4.31. The predicted molar refractivity (Wildman–Crippen MR) is 93.5 cm³/mol. The lowest BCUT2D eigenvalue weighted by Crippen LogP contribution is -2.11. The van der Waals surface area contributed by atoms with Crippen molar-refractivity contribution in [1.82, 2.24) is 4.98 Å². The Balaban J connectivity index is 1.63. The van der Waals surface area contributed by atoms with Crippen LogP contribution in [0.5, 0.6) is 0 Å². The molecule has 0 bridgehead atoms. The van der Waals surface area contributed by atoms with Crippen molar-refractivity contribution < 1.29 is 9.53 Å². The molecule has 2 atom stereocenters. The van der Waals surface area contributed by atoms with Crippen LogP contribution in [-0.4, -0.2) is 17.1 Å². The highest BCUT2D eigenvalue weighted by Crippen LogP contribution is 2.31. The van der Waals surface area contributed by atoms with Crippen molar-refractivity contribution in [1.29, 1.82) is 0 Å². The number of fused-ring (bicyclic) bond motifs is 1. The highest BCUT2D eigenvalue weighted by atomic mass is 16.5. The summed E-state index contributed by atoms with van der Waals surface area (Å²) in [6, 6.07) is 8.33. The molecule has 1 saturated heterocycles. The van der Waals surface area contributed by atoms with E-state index in [1.165, 1.54) is 42.3 Å². The Bertz CT molecular complexity index is 673. The SMILES string of the molecule is CCCCCC[C@@H]1C[C@H](Cc2c(C)[nH]c3ccccc23)C(=O)O1. The standard InChI is InChI=1S/C20H27NO2/c1-3-4-5-6-9-16-12-15(20(22)23-16)13-18-14(2)21-19-11-8-7-10-17(18)19/h7-8,10-11,15-16,21H,3-6,9,12-13H2,1-2H3/t15-,16-/m1/s1. The molecule has 0 saturated carbocycles. The molecule has 0 amide bonds. The lowest BCUT2D eigenvalue weighted by molar-refractivity contribution is -0.144. The first-order valence-electron chi connectivity index (χ1n) is 8.95. The quantitative estimate of drug-likeness (QED) is 0.582. The number of hydrogen-bond acceptors (Lipinski definition) is 2. The van der Waals surface area contributed by atoms with Gasteiger partial charge in [0.1, 0.15) is 6.10 Å². The molecular formula is C20H27NO2. The summed E-state index contributed by atoms with van der Waals surface area (Å²) in [5.74, 6) is 0.0132. The van der Waals surface area contributed by atoms with E-state index in [1.807, 2.05) is 6.07 Å². The smallest absolute Gasteiger partial charge is 0.309 e. The molecule has 2 heterocycles. The number of benzene rings is 1.